The highest BCUT2D eigenvalue weighted by Crippen LogP contribution is 2.17. The summed E-state index contributed by atoms with van der Waals surface area (Å²) in [5, 5.41) is 1.15. The summed E-state index contributed by atoms with van der Waals surface area (Å²) in [6.07, 6.45) is 1.79. The molecule has 2 N–H and O–H groups in total. The van der Waals surface area contributed by atoms with Crippen molar-refractivity contribution < 1.29 is 0 Å². The maximum atomic E-state index is 5.86. The first-order valence-corrected chi connectivity index (χ1v) is 6.27. The van der Waals surface area contributed by atoms with E-state index in [-0.39, 0.29) is 0 Å². The van der Waals surface area contributed by atoms with Gasteiger partial charge in [-0.1, -0.05) is 12.1 Å². The molecule has 0 aliphatic rings. The fourth-order valence-corrected chi connectivity index (χ4v) is 2.24. The van der Waals surface area contributed by atoms with Crippen LogP contribution < -0.4 is 5.73 Å². The van der Waals surface area contributed by atoms with Crippen LogP contribution in [0.3, 0.4) is 0 Å². The van der Waals surface area contributed by atoms with E-state index in [0.717, 1.165) is 28.8 Å². The van der Waals surface area contributed by atoms with Gasteiger partial charge in [0.2, 0.25) is 5.95 Å². The van der Waals surface area contributed by atoms with Crippen molar-refractivity contribution in [3.8, 4) is 0 Å². The smallest absolute Gasteiger partial charge is 0.200 e. The first-order valence-electron chi connectivity index (χ1n) is 6.27. The molecule has 0 amide bonds. The van der Waals surface area contributed by atoms with Crippen LogP contribution in [0.1, 0.15) is 17.0 Å². The number of nitrogen functional groups attached to an aromatic ring is 1. The van der Waals surface area contributed by atoms with Gasteiger partial charge >= 0.3 is 0 Å². The summed E-state index contributed by atoms with van der Waals surface area (Å²) < 4.78 is 2.00. The minimum absolute atomic E-state index is 0.555. The van der Waals surface area contributed by atoms with E-state index in [2.05, 4.69) is 34.2 Å². The Kier molecular flexibility index (Phi) is 2.71. The number of hydrogen-bond donors (Lipinski definition) is 1. The van der Waals surface area contributed by atoms with Gasteiger partial charge in [-0.05, 0) is 37.6 Å². The van der Waals surface area contributed by atoms with Crippen LogP contribution in [0, 0.1) is 13.8 Å². The van der Waals surface area contributed by atoms with Crippen LogP contribution in [0.5, 0.6) is 0 Å². The van der Waals surface area contributed by atoms with Crippen molar-refractivity contribution >= 4 is 16.9 Å². The Hall–Kier alpha value is -2.36. The van der Waals surface area contributed by atoms with E-state index in [0.29, 0.717) is 5.95 Å². The Labute approximate surface area is 111 Å². The number of anilines is 1. The third-order valence-electron chi connectivity index (χ3n) is 3.32. The van der Waals surface area contributed by atoms with Gasteiger partial charge in [0.25, 0.3) is 0 Å². The van der Waals surface area contributed by atoms with Crippen LogP contribution in [0.2, 0.25) is 0 Å². The van der Waals surface area contributed by atoms with Gasteiger partial charge in [0, 0.05) is 16.8 Å². The van der Waals surface area contributed by atoms with Crippen LogP contribution in [0.4, 0.5) is 5.95 Å². The van der Waals surface area contributed by atoms with Crippen LogP contribution in [-0.4, -0.2) is 14.5 Å². The second-order valence-electron chi connectivity index (χ2n) is 4.82. The van der Waals surface area contributed by atoms with E-state index < -0.39 is 0 Å². The van der Waals surface area contributed by atoms with Crippen molar-refractivity contribution in [1.82, 2.24) is 14.5 Å². The number of nitrogens with two attached hydrogens (primary N) is 1. The largest absolute Gasteiger partial charge is 0.369 e. The predicted molar refractivity (Wildman–Crippen MR) is 77.0 cm³/mol. The molecule has 0 aliphatic carbocycles. The molecule has 0 aliphatic heterocycles. The summed E-state index contributed by atoms with van der Waals surface area (Å²) in [5.74, 6) is 0.555. The average Bonchev–Trinajstić information content (AvgIpc) is 2.71. The van der Waals surface area contributed by atoms with Crippen molar-refractivity contribution in [3.05, 3.63) is 53.5 Å². The van der Waals surface area contributed by atoms with Gasteiger partial charge in [-0.2, -0.15) is 0 Å². The molecule has 0 spiro atoms. The fourth-order valence-electron chi connectivity index (χ4n) is 2.24. The van der Waals surface area contributed by atoms with Crippen LogP contribution in [0.15, 0.2) is 36.5 Å². The summed E-state index contributed by atoms with van der Waals surface area (Å²) in [4.78, 5) is 8.62. The monoisotopic (exact) mass is 252 g/mol. The summed E-state index contributed by atoms with van der Waals surface area (Å²) in [6, 6.07) is 10.4. The van der Waals surface area contributed by atoms with Crippen molar-refractivity contribution in [1.29, 1.82) is 0 Å². The Bertz CT molecular complexity index is 723. The molecular weight excluding hydrogens is 236 g/mol. The standard InChI is InChI=1S/C15H16N4/c1-10-3-5-13-7-12(4-6-14(13)18-10)9-19-11(2)8-17-15(19)16/h3-8H,9H2,1-2H3,(H2,16,17). The van der Waals surface area contributed by atoms with E-state index in [1.807, 2.05) is 24.5 Å². The van der Waals surface area contributed by atoms with E-state index in [9.17, 15) is 0 Å². The second-order valence-corrected chi connectivity index (χ2v) is 4.82. The summed E-state index contributed by atoms with van der Waals surface area (Å²) >= 11 is 0. The Morgan fingerprint density at radius 1 is 1.16 bits per heavy atom. The van der Waals surface area contributed by atoms with Crippen molar-refractivity contribution in [2.75, 3.05) is 5.73 Å². The van der Waals surface area contributed by atoms with Crippen LogP contribution in [-0.2, 0) is 6.54 Å². The highest BCUT2D eigenvalue weighted by atomic mass is 15.1. The molecule has 0 saturated carbocycles. The lowest BCUT2D eigenvalue weighted by Gasteiger charge is -2.08. The van der Waals surface area contributed by atoms with E-state index in [1.165, 1.54) is 5.56 Å². The number of nitrogens with zero attached hydrogens (tertiary/aromatic N) is 3. The molecule has 2 aromatic heterocycles. The fraction of sp³-hybridized carbons (Fsp3) is 0.200. The predicted octanol–water partition coefficient (Wildman–Crippen LogP) is 2.68. The van der Waals surface area contributed by atoms with Crippen LogP contribution >= 0.6 is 0 Å². The molecule has 0 bridgehead atoms. The summed E-state index contributed by atoms with van der Waals surface area (Å²) in [6.45, 7) is 4.75. The van der Waals surface area contributed by atoms with Crippen LogP contribution in [0.25, 0.3) is 10.9 Å². The lowest BCUT2D eigenvalue weighted by molar-refractivity contribution is 0.784. The highest BCUT2D eigenvalue weighted by molar-refractivity contribution is 5.79. The van der Waals surface area contributed by atoms with E-state index >= 15 is 0 Å². The van der Waals surface area contributed by atoms with Crippen molar-refractivity contribution in [2.24, 2.45) is 0 Å². The molecule has 96 valence electrons. The normalized spacial score (nSPS) is 11.1. The zero-order valence-corrected chi connectivity index (χ0v) is 11.1. The Morgan fingerprint density at radius 3 is 2.74 bits per heavy atom. The van der Waals surface area contributed by atoms with Gasteiger partial charge in [-0.25, -0.2) is 4.98 Å². The number of pyridine rings is 1. The first-order chi connectivity index (χ1) is 9.13. The number of aryl methyl sites for hydroxylation is 2. The van der Waals surface area contributed by atoms with E-state index in [1.54, 1.807) is 6.20 Å². The number of aromatic nitrogens is 3. The molecule has 3 rings (SSSR count). The molecule has 4 nitrogen and oxygen atoms in total. The SMILES string of the molecule is Cc1ccc2cc(Cn3c(C)cnc3N)ccc2n1. The maximum absolute atomic E-state index is 5.86. The average molecular weight is 252 g/mol. The minimum Gasteiger partial charge on any atom is -0.369 e. The molecule has 0 atom stereocenters. The van der Waals surface area contributed by atoms with Crippen molar-refractivity contribution in [2.45, 2.75) is 20.4 Å². The summed E-state index contributed by atoms with van der Waals surface area (Å²) in [7, 11) is 0. The molecule has 4 heteroatoms. The molecule has 1 aromatic carbocycles. The van der Waals surface area contributed by atoms with Gasteiger partial charge < -0.3 is 10.3 Å². The molecule has 0 saturated heterocycles. The molecule has 0 fully saturated rings. The number of fused-ring (bicyclic) bond motifs is 1. The Balaban J connectivity index is 2.00. The quantitative estimate of drug-likeness (QED) is 0.763. The van der Waals surface area contributed by atoms with Crippen molar-refractivity contribution in [3.63, 3.8) is 0 Å². The highest BCUT2D eigenvalue weighted by Gasteiger charge is 2.05. The Morgan fingerprint density at radius 2 is 2.00 bits per heavy atom. The summed E-state index contributed by atoms with van der Waals surface area (Å²) in [5.41, 5.74) is 10.2. The molecular formula is C15H16N4. The molecule has 19 heavy (non-hydrogen) atoms. The van der Waals surface area contributed by atoms with Gasteiger partial charge in [0.05, 0.1) is 18.3 Å². The molecule has 0 radical (unpaired) electrons. The molecule has 0 unspecified atom stereocenters. The number of imidazole rings is 1. The zero-order valence-electron chi connectivity index (χ0n) is 11.1. The maximum Gasteiger partial charge on any atom is 0.200 e. The number of hydrogen-bond acceptors (Lipinski definition) is 3. The lowest BCUT2D eigenvalue weighted by atomic mass is 10.1. The topological polar surface area (TPSA) is 56.7 Å². The minimum atomic E-state index is 0.555. The number of benzene rings is 1. The van der Waals surface area contributed by atoms with Gasteiger partial charge in [-0.15, -0.1) is 0 Å². The first kappa shape index (κ1) is 11.7. The van der Waals surface area contributed by atoms with E-state index in [4.69, 9.17) is 5.73 Å². The van der Waals surface area contributed by atoms with Gasteiger partial charge in [-0.3, -0.25) is 4.98 Å². The zero-order chi connectivity index (χ0) is 13.4. The number of rotatable bonds is 2. The third kappa shape index (κ3) is 2.17. The van der Waals surface area contributed by atoms with Gasteiger partial charge in [0.1, 0.15) is 0 Å². The molecule has 3 aromatic rings. The van der Waals surface area contributed by atoms with Gasteiger partial charge in [0.15, 0.2) is 0 Å². The lowest BCUT2D eigenvalue weighted by Crippen LogP contribution is -2.06. The third-order valence-corrected chi connectivity index (χ3v) is 3.32. The molecule has 2 heterocycles. The second kappa shape index (κ2) is 4.39.